The Morgan fingerprint density at radius 1 is 1.39 bits per heavy atom. The van der Waals surface area contributed by atoms with Crippen LogP contribution in [0, 0.1) is 0 Å². The Morgan fingerprint density at radius 3 is 2.90 bits per heavy atom. The largest absolute Gasteiger partial charge is 0.522 e. The monoisotopic (exact) mass is 455 g/mol. The van der Waals surface area contributed by atoms with Crippen molar-refractivity contribution in [1.82, 2.24) is 24.9 Å². The van der Waals surface area contributed by atoms with Gasteiger partial charge in [-0.2, -0.15) is 0 Å². The number of hydrogen-bond donors (Lipinski definition) is 1. The van der Waals surface area contributed by atoms with Gasteiger partial charge in [-0.3, -0.25) is 9.53 Å². The third-order valence-electron chi connectivity index (χ3n) is 4.85. The fourth-order valence-electron chi connectivity index (χ4n) is 3.19. The van der Waals surface area contributed by atoms with Crippen molar-refractivity contribution in [1.29, 1.82) is 0 Å². The maximum atomic E-state index is 12.3. The van der Waals surface area contributed by atoms with Gasteiger partial charge in [0.15, 0.2) is 0 Å². The summed E-state index contributed by atoms with van der Waals surface area (Å²) in [5.74, 6) is -0.189. The van der Waals surface area contributed by atoms with Crippen LogP contribution in [-0.4, -0.2) is 44.5 Å². The molecule has 3 aromatic heterocycles. The lowest BCUT2D eigenvalue weighted by atomic mass is 9.82. The molecule has 3 aromatic rings. The molecule has 1 aliphatic carbocycles. The van der Waals surface area contributed by atoms with Gasteiger partial charge >= 0.3 is 6.36 Å². The normalized spacial score (nSPS) is 18.7. The molecule has 0 saturated heterocycles. The Kier molecular flexibility index (Phi) is 5.71. The number of pyridine rings is 1. The SMILES string of the molecule is C=C(CCNC(=O)c1cn2ccc(Cl)cc2n1)c1nnc([C@H]2C[C@@H](OC(F)(F)F)C2)o1. The summed E-state index contributed by atoms with van der Waals surface area (Å²) in [5, 5.41) is 11.0. The van der Waals surface area contributed by atoms with Crippen molar-refractivity contribution in [3.05, 3.63) is 53.6 Å². The van der Waals surface area contributed by atoms with E-state index in [-0.39, 0.29) is 48.7 Å². The molecule has 0 aromatic carbocycles. The van der Waals surface area contributed by atoms with Crippen LogP contribution in [0.25, 0.3) is 11.2 Å². The van der Waals surface area contributed by atoms with Crippen molar-refractivity contribution < 1.29 is 27.1 Å². The van der Waals surface area contributed by atoms with E-state index < -0.39 is 12.5 Å². The smallest absolute Gasteiger partial charge is 0.421 e. The number of hydrogen-bond acceptors (Lipinski definition) is 6. The average Bonchev–Trinajstić information content (AvgIpc) is 3.30. The third-order valence-corrected chi connectivity index (χ3v) is 5.09. The number of rotatable bonds is 7. The molecule has 0 atom stereocenters. The van der Waals surface area contributed by atoms with E-state index in [2.05, 4.69) is 31.8 Å². The van der Waals surface area contributed by atoms with Crippen LogP contribution < -0.4 is 5.32 Å². The van der Waals surface area contributed by atoms with E-state index in [1.807, 2.05) is 0 Å². The maximum absolute atomic E-state index is 12.3. The number of alkyl halides is 3. The number of carbonyl (C=O) groups excluding carboxylic acids is 1. The summed E-state index contributed by atoms with van der Waals surface area (Å²) in [7, 11) is 0. The standard InChI is InChI=1S/C19H17ClF3N5O3/c1-10(17-26-27-18(30-17)11-6-13(7-11)31-19(21,22)23)2-4-24-16(29)14-9-28-5-3-12(20)8-15(28)25-14/h3,5,8-9,11,13H,1-2,4,6-7H2,(H,24,29)/t11-,13+. The summed E-state index contributed by atoms with van der Waals surface area (Å²) in [6.45, 7) is 4.12. The van der Waals surface area contributed by atoms with Gasteiger partial charge in [0.25, 0.3) is 5.91 Å². The number of halogens is 4. The highest BCUT2D eigenvalue weighted by Crippen LogP contribution is 2.41. The predicted octanol–water partition coefficient (Wildman–Crippen LogP) is 3.99. The van der Waals surface area contributed by atoms with Crippen LogP contribution in [-0.2, 0) is 4.74 Å². The van der Waals surface area contributed by atoms with Gasteiger partial charge in [0, 0.05) is 41.5 Å². The van der Waals surface area contributed by atoms with E-state index >= 15 is 0 Å². The first-order valence-electron chi connectivity index (χ1n) is 9.36. The maximum Gasteiger partial charge on any atom is 0.522 e. The summed E-state index contributed by atoms with van der Waals surface area (Å²) in [6, 6.07) is 3.33. The number of ether oxygens (including phenoxy) is 1. The first-order chi connectivity index (χ1) is 14.7. The number of nitrogens with zero attached hydrogens (tertiary/aromatic N) is 4. The Hall–Kier alpha value is -2.92. The van der Waals surface area contributed by atoms with Crippen LogP contribution in [0.15, 0.2) is 35.5 Å². The summed E-state index contributed by atoms with van der Waals surface area (Å²) >= 11 is 5.92. The van der Waals surface area contributed by atoms with E-state index in [4.69, 9.17) is 16.0 Å². The lowest BCUT2D eigenvalue weighted by Crippen LogP contribution is -2.34. The van der Waals surface area contributed by atoms with E-state index in [0.717, 1.165) is 0 Å². The number of aromatic nitrogens is 4. The highest BCUT2D eigenvalue weighted by Gasteiger charge is 2.42. The number of nitrogens with one attached hydrogen (secondary N) is 1. The number of imidazole rings is 1. The molecule has 164 valence electrons. The van der Waals surface area contributed by atoms with Crippen molar-refractivity contribution in [2.45, 2.75) is 37.6 Å². The second kappa shape index (κ2) is 8.31. The van der Waals surface area contributed by atoms with Gasteiger partial charge in [-0.25, -0.2) is 4.98 Å². The summed E-state index contributed by atoms with van der Waals surface area (Å²) in [4.78, 5) is 16.5. The molecule has 1 fully saturated rings. The summed E-state index contributed by atoms with van der Waals surface area (Å²) < 4.78 is 47.7. The zero-order chi connectivity index (χ0) is 22.2. The van der Waals surface area contributed by atoms with Crippen LogP contribution in [0.1, 0.15) is 47.5 Å². The van der Waals surface area contributed by atoms with Gasteiger partial charge in [-0.1, -0.05) is 18.2 Å². The minimum Gasteiger partial charge on any atom is -0.421 e. The molecule has 3 heterocycles. The summed E-state index contributed by atoms with van der Waals surface area (Å²) in [6.07, 6.45) is -1.58. The minimum atomic E-state index is -4.65. The molecule has 0 unspecified atom stereocenters. The lowest BCUT2D eigenvalue weighted by molar-refractivity contribution is -0.352. The van der Waals surface area contributed by atoms with Gasteiger partial charge in [0.1, 0.15) is 11.3 Å². The van der Waals surface area contributed by atoms with Crippen molar-refractivity contribution in [2.24, 2.45) is 0 Å². The van der Waals surface area contributed by atoms with Crippen LogP contribution in [0.3, 0.4) is 0 Å². The van der Waals surface area contributed by atoms with Crippen molar-refractivity contribution in [2.75, 3.05) is 6.54 Å². The fraction of sp³-hybridized carbons (Fsp3) is 0.368. The minimum absolute atomic E-state index is 0.161. The lowest BCUT2D eigenvalue weighted by Gasteiger charge is -2.32. The van der Waals surface area contributed by atoms with Crippen LogP contribution >= 0.6 is 11.6 Å². The van der Waals surface area contributed by atoms with Crippen LogP contribution in [0.4, 0.5) is 13.2 Å². The summed E-state index contributed by atoms with van der Waals surface area (Å²) in [5.41, 5.74) is 1.30. The first-order valence-corrected chi connectivity index (χ1v) is 9.74. The van der Waals surface area contributed by atoms with Crippen LogP contribution in [0.2, 0.25) is 5.02 Å². The van der Waals surface area contributed by atoms with Gasteiger partial charge < -0.3 is 14.1 Å². The molecule has 1 aliphatic rings. The molecule has 12 heteroatoms. The molecular formula is C19H17ClF3N5O3. The van der Waals surface area contributed by atoms with Crippen molar-refractivity contribution in [3.63, 3.8) is 0 Å². The Labute approximate surface area is 179 Å². The van der Waals surface area contributed by atoms with Crippen LogP contribution in [0.5, 0.6) is 0 Å². The van der Waals surface area contributed by atoms with Gasteiger partial charge in [0.05, 0.1) is 6.10 Å². The predicted molar refractivity (Wildman–Crippen MR) is 103 cm³/mol. The van der Waals surface area contributed by atoms with Gasteiger partial charge in [0.2, 0.25) is 11.8 Å². The second-order valence-corrected chi connectivity index (χ2v) is 7.58. The molecule has 0 radical (unpaired) electrons. The van der Waals surface area contributed by atoms with Crippen molar-refractivity contribution >= 4 is 28.7 Å². The number of amides is 1. The molecule has 1 N–H and O–H groups in total. The molecular weight excluding hydrogens is 439 g/mol. The van der Waals surface area contributed by atoms with E-state index in [1.54, 1.807) is 28.9 Å². The van der Waals surface area contributed by atoms with E-state index in [1.165, 1.54) is 0 Å². The zero-order valence-electron chi connectivity index (χ0n) is 16.0. The molecule has 8 nitrogen and oxygen atoms in total. The fourth-order valence-corrected chi connectivity index (χ4v) is 3.34. The molecule has 4 rings (SSSR count). The quantitative estimate of drug-likeness (QED) is 0.579. The molecule has 1 saturated carbocycles. The Bertz CT molecular complexity index is 1120. The highest BCUT2D eigenvalue weighted by molar-refractivity contribution is 6.30. The number of carbonyl (C=O) groups is 1. The zero-order valence-corrected chi connectivity index (χ0v) is 16.8. The van der Waals surface area contributed by atoms with E-state index in [9.17, 15) is 18.0 Å². The first kappa shape index (κ1) is 21.3. The van der Waals surface area contributed by atoms with Gasteiger partial charge in [-0.15, -0.1) is 23.4 Å². The molecule has 0 spiro atoms. The molecule has 31 heavy (non-hydrogen) atoms. The Morgan fingerprint density at radius 2 is 2.16 bits per heavy atom. The van der Waals surface area contributed by atoms with Crippen molar-refractivity contribution in [3.8, 4) is 0 Å². The molecule has 0 bridgehead atoms. The second-order valence-electron chi connectivity index (χ2n) is 7.15. The van der Waals surface area contributed by atoms with Gasteiger partial charge in [-0.05, 0) is 25.3 Å². The number of fused-ring (bicyclic) bond motifs is 1. The topological polar surface area (TPSA) is 94.6 Å². The average molecular weight is 456 g/mol. The Balaban J connectivity index is 1.25. The van der Waals surface area contributed by atoms with E-state index in [0.29, 0.717) is 22.7 Å². The molecule has 1 amide bonds. The molecule has 0 aliphatic heterocycles. The highest BCUT2D eigenvalue weighted by atomic mass is 35.5. The third kappa shape index (κ3) is 5.05.